The molecule has 0 heterocycles. The van der Waals surface area contributed by atoms with Crippen LogP contribution in [0.5, 0.6) is 0 Å². The Morgan fingerprint density at radius 1 is 1.19 bits per heavy atom. The third kappa shape index (κ3) is 3.69. The average molecular weight is 369 g/mol. The Hall–Kier alpha value is -1.70. The molecule has 0 saturated heterocycles. The van der Waals surface area contributed by atoms with Crippen LogP contribution in [0.15, 0.2) is 51.8 Å². The van der Waals surface area contributed by atoms with Crippen molar-refractivity contribution in [3.63, 3.8) is 0 Å². The summed E-state index contributed by atoms with van der Waals surface area (Å²) >= 11 is 3.36. The lowest BCUT2D eigenvalue weighted by atomic mass is 10.1. The molecular formula is C14H13BrN2O3S. The van der Waals surface area contributed by atoms with Gasteiger partial charge in [-0.15, -0.1) is 0 Å². The van der Waals surface area contributed by atoms with Gasteiger partial charge in [0.05, 0.1) is 4.90 Å². The molecule has 3 N–H and O–H groups in total. The highest BCUT2D eigenvalue weighted by molar-refractivity contribution is 9.10. The second kappa shape index (κ2) is 5.97. The zero-order valence-electron chi connectivity index (χ0n) is 11.1. The molecule has 0 aliphatic rings. The molecule has 0 bridgehead atoms. The number of carbonyl (C=O) groups excluding carboxylic acids is 1. The largest absolute Gasteiger partial charge is 0.322 e. The number of carbonyl (C=O) groups is 1. The van der Waals surface area contributed by atoms with E-state index in [1.165, 1.54) is 18.2 Å². The van der Waals surface area contributed by atoms with Crippen LogP contribution >= 0.6 is 15.9 Å². The van der Waals surface area contributed by atoms with E-state index in [4.69, 9.17) is 5.14 Å². The Morgan fingerprint density at radius 3 is 2.52 bits per heavy atom. The topological polar surface area (TPSA) is 89.3 Å². The fraction of sp³-hybridized carbons (Fsp3) is 0.0714. The maximum Gasteiger partial charge on any atom is 0.255 e. The van der Waals surface area contributed by atoms with Crippen LogP contribution in [0.4, 0.5) is 5.69 Å². The second-order valence-corrected chi connectivity index (χ2v) is 6.86. The number of halogens is 1. The first kappa shape index (κ1) is 15.7. The van der Waals surface area contributed by atoms with E-state index in [1.54, 1.807) is 18.2 Å². The minimum Gasteiger partial charge on any atom is -0.322 e. The molecule has 0 unspecified atom stereocenters. The molecule has 0 atom stereocenters. The van der Waals surface area contributed by atoms with Crippen molar-refractivity contribution >= 4 is 37.5 Å². The summed E-state index contributed by atoms with van der Waals surface area (Å²) in [7, 11) is -3.80. The van der Waals surface area contributed by atoms with Crippen molar-refractivity contribution in [1.82, 2.24) is 0 Å². The van der Waals surface area contributed by atoms with Crippen molar-refractivity contribution in [2.75, 3.05) is 5.32 Å². The van der Waals surface area contributed by atoms with Gasteiger partial charge in [0.1, 0.15) is 0 Å². The second-order valence-electron chi connectivity index (χ2n) is 4.44. The molecule has 1 amide bonds. The summed E-state index contributed by atoms with van der Waals surface area (Å²) < 4.78 is 23.4. The van der Waals surface area contributed by atoms with Gasteiger partial charge in [0.15, 0.2) is 0 Å². The minimum atomic E-state index is -3.80. The fourth-order valence-electron chi connectivity index (χ4n) is 1.80. The summed E-state index contributed by atoms with van der Waals surface area (Å²) in [5, 5.41) is 7.72. The number of sulfonamides is 1. The van der Waals surface area contributed by atoms with E-state index in [-0.39, 0.29) is 10.8 Å². The van der Waals surface area contributed by atoms with Crippen LogP contribution in [-0.2, 0) is 10.0 Å². The summed E-state index contributed by atoms with van der Waals surface area (Å²) in [6, 6.07) is 11.1. The number of hydrogen-bond acceptors (Lipinski definition) is 3. The molecule has 0 aliphatic heterocycles. The Morgan fingerprint density at radius 2 is 1.86 bits per heavy atom. The van der Waals surface area contributed by atoms with Crippen LogP contribution in [0, 0.1) is 6.92 Å². The molecule has 0 spiro atoms. The van der Waals surface area contributed by atoms with Gasteiger partial charge in [0, 0.05) is 15.7 Å². The minimum absolute atomic E-state index is 0.0498. The Balaban J connectivity index is 2.30. The SMILES string of the molecule is Cc1c(Br)cccc1C(=O)Nc1cccc(S(N)(=O)=O)c1. The van der Waals surface area contributed by atoms with Gasteiger partial charge >= 0.3 is 0 Å². The molecule has 0 aliphatic carbocycles. The molecular weight excluding hydrogens is 356 g/mol. The Labute approximate surface area is 131 Å². The molecule has 0 aromatic heterocycles. The highest BCUT2D eigenvalue weighted by atomic mass is 79.9. The van der Waals surface area contributed by atoms with E-state index in [0.717, 1.165) is 10.0 Å². The first-order valence-corrected chi connectivity index (χ1v) is 8.32. The van der Waals surface area contributed by atoms with Gasteiger partial charge in [-0.2, -0.15) is 0 Å². The number of primary sulfonamides is 1. The molecule has 0 saturated carbocycles. The standard InChI is InChI=1S/C14H13BrN2O3S/c1-9-12(6-3-7-13(9)15)14(18)17-10-4-2-5-11(8-10)21(16,19)20/h2-8H,1H3,(H,17,18)(H2,16,19,20). The lowest BCUT2D eigenvalue weighted by molar-refractivity contribution is 0.102. The number of nitrogens with two attached hydrogens (primary N) is 1. The maximum absolute atomic E-state index is 12.2. The van der Waals surface area contributed by atoms with E-state index >= 15 is 0 Å². The summed E-state index contributed by atoms with van der Waals surface area (Å²) in [6.07, 6.45) is 0. The predicted octanol–water partition coefficient (Wildman–Crippen LogP) is 2.66. The van der Waals surface area contributed by atoms with Crippen LogP contribution in [0.25, 0.3) is 0 Å². The van der Waals surface area contributed by atoms with Gasteiger partial charge in [-0.25, -0.2) is 13.6 Å². The summed E-state index contributed by atoms with van der Waals surface area (Å²) in [5.74, 6) is -0.319. The summed E-state index contributed by atoms with van der Waals surface area (Å²) in [6.45, 7) is 1.82. The predicted molar refractivity (Wildman–Crippen MR) is 84.6 cm³/mol. The third-order valence-electron chi connectivity index (χ3n) is 2.93. The molecule has 0 fully saturated rings. The third-order valence-corrected chi connectivity index (χ3v) is 4.70. The van der Waals surface area contributed by atoms with Crippen molar-refractivity contribution in [2.24, 2.45) is 5.14 Å². The van der Waals surface area contributed by atoms with Crippen molar-refractivity contribution in [1.29, 1.82) is 0 Å². The van der Waals surface area contributed by atoms with E-state index in [0.29, 0.717) is 11.3 Å². The quantitative estimate of drug-likeness (QED) is 0.872. The first-order valence-electron chi connectivity index (χ1n) is 5.98. The van der Waals surface area contributed by atoms with Crippen molar-refractivity contribution < 1.29 is 13.2 Å². The first-order chi connectivity index (χ1) is 9.79. The van der Waals surface area contributed by atoms with Crippen LogP contribution in [0.1, 0.15) is 15.9 Å². The van der Waals surface area contributed by atoms with E-state index < -0.39 is 10.0 Å². The van der Waals surface area contributed by atoms with Gasteiger partial charge in [-0.3, -0.25) is 4.79 Å². The van der Waals surface area contributed by atoms with Gasteiger partial charge in [-0.1, -0.05) is 28.1 Å². The van der Waals surface area contributed by atoms with Crippen LogP contribution in [0.2, 0.25) is 0 Å². The normalized spacial score (nSPS) is 11.2. The number of hydrogen-bond donors (Lipinski definition) is 2. The van der Waals surface area contributed by atoms with E-state index in [1.807, 2.05) is 13.0 Å². The Bertz CT molecular complexity index is 804. The van der Waals surface area contributed by atoms with E-state index in [2.05, 4.69) is 21.2 Å². The highest BCUT2D eigenvalue weighted by Gasteiger charge is 2.13. The number of rotatable bonds is 3. The van der Waals surface area contributed by atoms with Crippen LogP contribution < -0.4 is 10.5 Å². The molecule has 2 aromatic rings. The van der Waals surface area contributed by atoms with E-state index in [9.17, 15) is 13.2 Å². The zero-order valence-corrected chi connectivity index (χ0v) is 13.5. The average Bonchev–Trinajstić information content (AvgIpc) is 2.41. The Kier molecular flexibility index (Phi) is 4.46. The molecule has 0 radical (unpaired) electrons. The van der Waals surface area contributed by atoms with Gasteiger partial charge in [0.2, 0.25) is 10.0 Å². The fourth-order valence-corrected chi connectivity index (χ4v) is 2.73. The van der Waals surface area contributed by atoms with Gasteiger partial charge in [0.25, 0.3) is 5.91 Å². The molecule has 21 heavy (non-hydrogen) atoms. The lowest BCUT2D eigenvalue weighted by Gasteiger charge is -2.09. The number of nitrogens with one attached hydrogen (secondary N) is 1. The lowest BCUT2D eigenvalue weighted by Crippen LogP contribution is -2.15. The molecule has 2 aromatic carbocycles. The number of amides is 1. The molecule has 2 rings (SSSR count). The van der Waals surface area contributed by atoms with Crippen molar-refractivity contribution in [2.45, 2.75) is 11.8 Å². The van der Waals surface area contributed by atoms with Crippen LogP contribution in [-0.4, -0.2) is 14.3 Å². The summed E-state index contributed by atoms with van der Waals surface area (Å²) in [4.78, 5) is 12.2. The number of benzene rings is 2. The maximum atomic E-state index is 12.2. The highest BCUT2D eigenvalue weighted by Crippen LogP contribution is 2.21. The van der Waals surface area contributed by atoms with Crippen molar-refractivity contribution in [3.05, 3.63) is 58.1 Å². The molecule has 5 nitrogen and oxygen atoms in total. The van der Waals surface area contributed by atoms with Crippen molar-refractivity contribution in [3.8, 4) is 0 Å². The zero-order chi connectivity index (χ0) is 15.6. The molecule has 110 valence electrons. The van der Waals surface area contributed by atoms with Crippen LogP contribution in [0.3, 0.4) is 0 Å². The monoisotopic (exact) mass is 368 g/mol. The van der Waals surface area contributed by atoms with Gasteiger partial charge < -0.3 is 5.32 Å². The molecule has 7 heteroatoms. The smallest absolute Gasteiger partial charge is 0.255 e. The summed E-state index contributed by atoms with van der Waals surface area (Å²) in [5.41, 5.74) is 1.67. The van der Waals surface area contributed by atoms with Gasteiger partial charge in [-0.05, 0) is 42.8 Å². The number of anilines is 1.